The quantitative estimate of drug-likeness (QED) is 0.193. The van der Waals surface area contributed by atoms with Crippen LogP contribution in [0, 0.1) is 0 Å². The Hall–Kier alpha value is -5.79. The van der Waals surface area contributed by atoms with Gasteiger partial charge >= 0.3 is 0 Å². The zero-order valence-electron chi connectivity index (χ0n) is 27.3. The van der Waals surface area contributed by atoms with E-state index >= 15 is 0 Å². The fourth-order valence-electron chi connectivity index (χ4n) is 7.72. The number of amidine groups is 1. The molecule has 0 bridgehead atoms. The van der Waals surface area contributed by atoms with Crippen molar-refractivity contribution in [1.82, 2.24) is 10.6 Å². The van der Waals surface area contributed by atoms with E-state index in [0.29, 0.717) is 0 Å². The Morgan fingerprint density at radius 3 is 2.06 bits per heavy atom. The third-order valence-corrected chi connectivity index (χ3v) is 12.5. The zero-order chi connectivity index (χ0) is 33.5. The number of furan rings is 1. The largest absolute Gasteiger partial charge is 0.455 e. The van der Waals surface area contributed by atoms with Crippen molar-refractivity contribution in [3.8, 4) is 11.1 Å². The topological polar surface area (TPSA) is 49.6 Å². The second kappa shape index (κ2) is 11.4. The average molecular weight is 692 g/mol. The molecule has 4 heterocycles. The van der Waals surface area contributed by atoms with Gasteiger partial charge in [-0.2, -0.15) is 0 Å². The van der Waals surface area contributed by atoms with E-state index in [1.165, 1.54) is 45.9 Å². The van der Waals surface area contributed by atoms with E-state index in [9.17, 15) is 0 Å². The van der Waals surface area contributed by atoms with Gasteiger partial charge in [0, 0.05) is 67.8 Å². The van der Waals surface area contributed by atoms with Crippen molar-refractivity contribution in [2.45, 2.75) is 12.3 Å². The van der Waals surface area contributed by atoms with E-state index in [1.807, 2.05) is 28.7 Å². The van der Waals surface area contributed by atoms with E-state index in [4.69, 9.17) is 9.41 Å². The number of benzene rings is 7. The minimum Gasteiger partial charge on any atom is -0.455 e. The molecule has 2 N–H and O–H groups in total. The normalized spacial score (nSPS) is 16.4. The number of hydrogen-bond donors (Lipinski definition) is 2. The number of rotatable bonds is 4. The molecule has 0 spiro atoms. The first-order valence-corrected chi connectivity index (χ1v) is 18.8. The highest BCUT2D eigenvalue weighted by Gasteiger charge is 2.27. The molecule has 2 atom stereocenters. The standard InChI is InChI=1S/C45H29N3OS2/c1-2-10-26(11-3-1)43-46-44(27-21-23-40-36(24-27)31-13-5-6-18-38(31)50-40)48-45(47-43)28-20-22-29-32-14-8-15-33(41(32)49-37(29)25-28)35-17-9-16-34-30-12-4-7-19-39(30)51-42(34)35/h1-25,44-45,48H,(H,46,47). The smallest absolute Gasteiger partial charge is 0.143 e. The van der Waals surface area contributed by atoms with Crippen molar-refractivity contribution in [2.24, 2.45) is 4.99 Å². The van der Waals surface area contributed by atoms with E-state index in [0.717, 1.165) is 50.0 Å². The summed E-state index contributed by atoms with van der Waals surface area (Å²) >= 11 is 3.69. The summed E-state index contributed by atoms with van der Waals surface area (Å²) in [4.78, 5) is 5.23. The van der Waals surface area contributed by atoms with Crippen LogP contribution in [0.4, 0.5) is 0 Å². The third-order valence-electron chi connectivity index (χ3n) is 10.2. The minimum absolute atomic E-state index is 0.193. The Morgan fingerprint density at radius 1 is 0.510 bits per heavy atom. The van der Waals surface area contributed by atoms with Crippen molar-refractivity contribution in [3.05, 3.63) is 168 Å². The molecule has 0 saturated heterocycles. The third kappa shape index (κ3) is 4.65. The van der Waals surface area contributed by atoms with E-state index < -0.39 is 0 Å². The first-order valence-electron chi connectivity index (χ1n) is 17.2. The number of para-hydroxylation sites is 1. The Morgan fingerprint density at radius 2 is 1.20 bits per heavy atom. The molecule has 0 amide bonds. The van der Waals surface area contributed by atoms with E-state index in [1.54, 1.807) is 0 Å². The summed E-state index contributed by atoms with van der Waals surface area (Å²) in [5.41, 5.74) is 7.39. The van der Waals surface area contributed by atoms with Crippen LogP contribution < -0.4 is 10.6 Å². The van der Waals surface area contributed by atoms with Crippen LogP contribution in [-0.4, -0.2) is 5.84 Å². The Kier molecular flexibility index (Phi) is 6.46. The lowest BCUT2D eigenvalue weighted by Gasteiger charge is -2.32. The molecule has 0 fully saturated rings. The van der Waals surface area contributed by atoms with Crippen molar-refractivity contribution in [1.29, 1.82) is 0 Å². The van der Waals surface area contributed by atoms with Gasteiger partial charge in [0.15, 0.2) is 0 Å². The summed E-state index contributed by atoms with van der Waals surface area (Å²) in [6.45, 7) is 0. The molecule has 3 aromatic heterocycles. The Balaban J connectivity index is 1.02. The van der Waals surface area contributed by atoms with Crippen molar-refractivity contribution < 1.29 is 4.42 Å². The van der Waals surface area contributed by atoms with Crippen molar-refractivity contribution in [2.75, 3.05) is 0 Å². The highest BCUT2D eigenvalue weighted by molar-refractivity contribution is 7.26. The van der Waals surface area contributed by atoms with Gasteiger partial charge in [-0.1, -0.05) is 121 Å². The average Bonchev–Trinajstić information content (AvgIpc) is 3.89. The minimum atomic E-state index is -0.241. The molecule has 1 aliphatic heterocycles. The summed E-state index contributed by atoms with van der Waals surface area (Å²) in [5.74, 6) is 0.864. The zero-order valence-corrected chi connectivity index (χ0v) is 28.9. The molecule has 0 aliphatic carbocycles. The van der Waals surface area contributed by atoms with Crippen LogP contribution in [0.25, 0.3) is 73.4 Å². The van der Waals surface area contributed by atoms with Gasteiger partial charge in [-0.25, -0.2) is 4.99 Å². The Bertz CT molecular complexity index is 3010. The van der Waals surface area contributed by atoms with Gasteiger partial charge < -0.3 is 9.73 Å². The molecule has 7 aromatic carbocycles. The summed E-state index contributed by atoms with van der Waals surface area (Å²) in [7, 11) is 0. The molecule has 0 saturated carbocycles. The molecular formula is C45H29N3OS2. The first-order chi connectivity index (χ1) is 25.2. The molecule has 10 aromatic rings. The predicted molar refractivity (Wildman–Crippen MR) is 216 cm³/mol. The molecule has 11 rings (SSSR count). The van der Waals surface area contributed by atoms with Crippen LogP contribution in [0.3, 0.4) is 0 Å². The lowest BCUT2D eigenvalue weighted by molar-refractivity contribution is 0.409. The number of thiophene rings is 2. The van der Waals surface area contributed by atoms with Crippen LogP contribution in [0.1, 0.15) is 29.0 Å². The number of hydrogen-bond acceptors (Lipinski definition) is 6. The molecule has 2 unspecified atom stereocenters. The summed E-state index contributed by atoms with van der Waals surface area (Å²) < 4.78 is 12.0. The summed E-state index contributed by atoms with van der Waals surface area (Å²) in [6.07, 6.45) is -0.434. The van der Waals surface area contributed by atoms with Gasteiger partial charge in [0.1, 0.15) is 29.3 Å². The van der Waals surface area contributed by atoms with Gasteiger partial charge in [-0.15, -0.1) is 22.7 Å². The van der Waals surface area contributed by atoms with Crippen LogP contribution in [0.15, 0.2) is 161 Å². The van der Waals surface area contributed by atoms with Gasteiger partial charge in [-0.3, -0.25) is 5.32 Å². The van der Waals surface area contributed by atoms with Crippen LogP contribution >= 0.6 is 22.7 Å². The van der Waals surface area contributed by atoms with Crippen LogP contribution in [-0.2, 0) is 0 Å². The van der Waals surface area contributed by atoms with Gasteiger partial charge in [0.05, 0.1) is 0 Å². The van der Waals surface area contributed by atoms with E-state index in [-0.39, 0.29) is 12.3 Å². The van der Waals surface area contributed by atoms with E-state index in [2.05, 4.69) is 156 Å². The molecule has 242 valence electrons. The number of nitrogens with one attached hydrogen (secondary N) is 2. The molecule has 51 heavy (non-hydrogen) atoms. The van der Waals surface area contributed by atoms with Gasteiger partial charge in [0.25, 0.3) is 0 Å². The second-order valence-corrected chi connectivity index (χ2v) is 15.3. The summed E-state index contributed by atoms with van der Waals surface area (Å²) in [5, 5.41) is 14.9. The molecular weight excluding hydrogens is 663 g/mol. The maximum Gasteiger partial charge on any atom is 0.143 e. The number of fused-ring (bicyclic) bond motifs is 9. The Labute approximate surface area is 301 Å². The highest BCUT2D eigenvalue weighted by Crippen LogP contribution is 2.44. The van der Waals surface area contributed by atoms with Crippen molar-refractivity contribution >= 4 is 90.8 Å². The fourth-order valence-corrected chi connectivity index (χ4v) is 10.0. The maximum atomic E-state index is 6.82. The molecule has 0 radical (unpaired) electrons. The highest BCUT2D eigenvalue weighted by atomic mass is 32.1. The van der Waals surface area contributed by atoms with Gasteiger partial charge in [0.2, 0.25) is 0 Å². The lowest BCUT2D eigenvalue weighted by atomic mass is 10.00. The van der Waals surface area contributed by atoms with Crippen LogP contribution in [0.5, 0.6) is 0 Å². The fraction of sp³-hybridized carbons (Fsp3) is 0.0444. The molecule has 4 nitrogen and oxygen atoms in total. The lowest BCUT2D eigenvalue weighted by Crippen LogP contribution is -2.44. The van der Waals surface area contributed by atoms with Crippen LogP contribution in [0.2, 0.25) is 0 Å². The second-order valence-electron chi connectivity index (χ2n) is 13.2. The molecule has 1 aliphatic rings. The maximum absolute atomic E-state index is 6.82. The van der Waals surface area contributed by atoms with Crippen molar-refractivity contribution in [3.63, 3.8) is 0 Å². The monoisotopic (exact) mass is 691 g/mol. The molecule has 6 heteroatoms. The SMILES string of the molecule is c1ccc(C2=NC(c3ccc4sc5ccccc5c4c3)NC(c3ccc4c(c3)oc3c(-c5cccc6c5sc5ccccc56)cccc34)N2)cc1. The number of aliphatic imine (C=N–C) groups is 1. The number of nitrogens with zero attached hydrogens (tertiary/aromatic N) is 1. The predicted octanol–water partition coefficient (Wildman–Crippen LogP) is 12.3. The first kappa shape index (κ1) is 29.0. The van der Waals surface area contributed by atoms with Gasteiger partial charge in [-0.05, 0) is 41.5 Å². The summed E-state index contributed by atoms with van der Waals surface area (Å²) in [6, 6.07) is 54.2.